The number of nitro groups is 1. The standard InChI is InChI=1S/C21H22N4O3/c1-14(2)12-19(21-23-17-8-3-4-9-18(17)24-21)22-20(26)11-10-15-6-5-7-16(13-15)25(27)28/h3-11,13-14,19H,12H2,1-2H3,(H,22,26)(H,23,24)/b11-10+. The molecule has 28 heavy (non-hydrogen) atoms. The molecular weight excluding hydrogens is 356 g/mol. The number of nitrogens with zero attached hydrogens (tertiary/aromatic N) is 2. The Morgan fingerprint density at radius 3 is 2.75 bits per heavy atom. The average Bonchev–Trinajstić information content (AvgIpc) is 3.10. The van der Waals surface area contributed by atoms with Crippen molar-refractivity contribution in [2.75, 3.05) is 0 Å². The smallest absolute Gasteiger partial charge is 0.270 e. The first kappa shape index (κ1) is 19.3. The zero-order valence-corrected chi connectivity index (χ0v) is 15.8. The molecule has 0 fully saturated rings. The van der Waals surface area contributed by atoms with Crippen LogP contribution in [0.2, 0.25) is 0 Å². The van der Waals surface area contributed by atoms with Gasteiger partial charge in [0.1, 0.15) is 5.82 Å². The van der Waals surface area contributed by atoms with E-state index in [1.165, 1.54) is 18.2 Å². The molecule has 1 heterocycles. The molecule has 0 bridgehead atoms. The third kappa shape index (κ3) is 4.82. The third-order valence-electron chi connectivity index (χ3n) is 4.27. The van der Waals surface area contributed by atoms with Crippen LogP contribution in [0, 0.1) is 16.0 Å². The Labute approximate surface area is 162 Å². The maximum atomic E-state index is 12.4. The molecule has 7 nitrogen and oxygen atoms in total. The SMILES string of the molecule is CC(C)CC(NC(=O)/C=C/c1cccc([N+](=O)[O-])c1)c1nc2ccccc2[nH]1. The number of para-hydroxylation sites is 2. The quantitative estimate of drug-likeness (QED) is 0.362. The van der Waals surface area contributed by atoms with Gasteiger partial charge in [-0.3, -0.25) is 14.9 Å². The summed E-state index contributed by atoms with van der Waals surface area (Å²) in [4.78, 5) is 30.7. The van der Waals surface area contributed by atoms with E-state index in [0.717, 1.165) is 17.5 Å². The lowest BCUT2D eigenvalue weighted by Crippen LogP contribution is -2.28. The van der Waals surface area contributed by atoms with Gasteiger partial charge in [0.15, 0.2) is 0 Å². The van der Waals surface area contributed by atoms with Gasteiger partial charge >= 0.3 is 0 Å². The fourth-order valence-corrected chi connectivity index (χ4v) is 2.98. The van der Waals surface area contributed by atoms with Crippen molar-refractivity contribution < 1.29 is 9.72 Å². The molecule has 1 aromatic heterocycles. The summed E-state index contributed by atoms with van der Waals surface area (Å²) < 4.78 is 0. The number of carbonyl (C=O) groups excluding carboxylic acids is 1. The number of nitro benzene ring substituents is 1. The second-order valence-corrected chi connectivity index (χ2v) is 7.02. The number of H-pyrrole nitrogens is 1. The summed E-state index contributed by atoms with van der Waals surface area (Å²) in [7, 11) is 0. The number of hydrogen-bond donors (Lipinski definition) is 2. The number of aromatic amines is 1. The Bertz CT molecular complexity index is 990. The van der Waals surface area contributed by atoms with Crippen LogP contribution in [0.4, 0.5) is 5.69 Å². The number of non-ortho nitro benzene ring substituents is 1. The van der Waals surface area contributed by atoms with E-state index in [0.29, 0.717) is 17.3 Å². The second-order valence-electron chi connectivity index (χ2n) is 7.02. The molecule has 3 aromatic rings. The van der Waals surface area contributed by atoms with Gasteiger partial charge in [-0.15, -0.1) is 0 Å². The minimum absolute atomic E-state index is 0.0116. The summed E-state index contributed by atoms with van der Waals surface area (Å²) in [5, 5.41) is 13.8. The summed E-state index contributed by atoms with van der Waals surface area (Å²) in [5.41, 5.74) is 2.36. The number of aromatic nitrogens is 2. The Balaban J connectivity index is 1.76. The number of fused-ring (bicyclic) bond motifs is 1. The van der Waals surface area contributed by atoms with Crippen LogP contribution in [-0.4, -0.2) is 20.8 Å². The largest absolute Gasteiger partial charge is 0.343 e. The van der Waals surface area contributed by atoms with Crippen LogP contribution in [0.15, 0.2) is 54.6 Å². The lowest BCUT2D eigenvalue weighted by molar-refractivity contribution is -0.384. The topological polar surface area (TPSA) is 101 Å². The second kappa shape index (κ2) is 8.47. The maximum Gasteiger partial charge on any atom is 0.270 e. The van der Waals surface area contributed by atoms with Gasteiger partial charge in [-0.25, -0.2) is 4.98 Å². The van der Waals surface area contributed by atoms with Crippen molar-refractivity contribution in [2.45, 2.75) is 26.3 Å². The van der Waals surface area contributed by atoms with Crippen LogP contribution in [0.5, 0.6) is 0 Å². The van der Waals surface area contributed by atoms with E-state index in [2.05, 4.69) is 29.1 Å². The number of rotatable bonds is 7. The van der Waals surface area contributed by atoms with E-state index in [-0.39, 0.29) is 17.6 Å². The van der Waals surface area contributed by atoms with Crippen LogP contribution < -0.4 is 5.32 Å². The molecule has 3 rings (SSSR count). The van der Waals surface area contributed by atoms with E-state index in [9.17, 15) is 14.9 Å². The summed E-state index contributed by atoms with van der Waals surface area (Å²) in [6.07, 6.45) is 3.68. The molecular formula is C21H22N4O3. The van der Waals surface area contributed by atoms with Crippen molar-refractivity contribution in [3.05, 3.63) is 76.1 Å². The molecule has 0 aliphatic rings. The third-order valence-corrected chi connectivity index (χ3v) is 4.27. The van der Waals surface area contributed by atoms with E-state index < -0.39 is 4.92 Å². The van der Waals surface area contributed by atoms with Gasteiger partial charge in [0, 0.05) is 18.2 Å². The first-order chi connectivity index (χ1) is 13.4. The molecule has 7 heteroatoms. The van der Waals surface area contributed by atoms with Crippen molar-refractivity contribution in [3.8, 4) is 0 Å². The maximum absolute atomic E-state index is 12.4. The molecule has 0 saturated carbocycles. The van der Waals surface area contributed by atoms with Crippen LogP contribution in [0.3, 0.4) is 0 Å². The molecule has 2 N–H and O–H groups in total. The molecule has 0 saturated heterocycles. The lowest BCUT2D eigenvalue weighted by atomic mass is 10.0. The Morgan fingerprint density at radius 1 is 1.25 bits per heavy atom. The van der Waals surface area contributed by atoms with Crippen molar-refractivity contribution in [1.82, 2.24) is 15.3 Å². The molecule has 144 valence electrons. The lowest BCUT2D eigenvalue weighted by Gasteiger charge is -2.17. The predicted molar refractivity (Wildman–Crippen MR) is 109 cm³/mol. The fraction of sp³-hybridized carbons (Fsp3) is 0.238. The monoisotopic (exact) mass is 378 g/mol. The summed E-state index contributed by atoms with van der Waals surface area (Å²) in [6, 6.07) is 13.6. The highest BCUT2D eigenvalue weighted by Crippen LogP contribution is 2.22. The van der Waals surface area contributed by atoms with E-state index in [1.807, 2.05) is 24.3 Å². The minimum atomic E-state index is -0.461. The first-order valence-corrected chi connectivity index (χ1v) is 9.10. The number of amides is 1. The van der Waals surface area contributed by atoms with Crippen molar-refractivity contribution >= 4 is 28.7 Å². The van der Waals surface area contributed by atoms with Crippen LogP contribution in [-0.2, 0) is 4.79 Å². The first-order valence-electron chi connectivity index (χ1n) is 9.10. The summed E-state index contributed by atoms with van der Waals surface area (Å²) in [6.45, 7) is 4.17. The van der Waals surface area contributed by atoms with Crippen molar-refractivity contribution in [2.24, 2.45) is 5.92 Å². The molecule has 0 radical (unpaired) electrons. The number of hydrogen-bond acceptors (Lipinski definition) is 4. The number of imidazole rings is 1. The highest BCUT2D eigenvalue weighted by atomic mass is 16.6. The average molecular weight is 378 g/mol. The van der Waals surface area contributed by atoms with Gasteiger partial charge in [-0.2, -0.15) is 0 Å². The van der Waals surface area contributed by atoms with Gasteiger partial charge in [-0.05, 0) is 36.1 Å². The summed E-state index contributed by atoms with van der Waals surface area (Å²) >= 11 is 0. The van der Waals surface area contributed by atoms with Gasteiger partial charge < -0.3 is 10.3 Å². The fourth-order valence-electron chi connectivity index (χ4n) is 2.98. The predicted octanol–water partition coefficient (Wildman–Crippen LogP) is 4.39. The zero-order chi connectivity index (χ0) is 20.1. The minimum Gasteiger partial charge on any atom is -0.343 e. The number of benzene rings is 2. The van der Waals surface area contributed by atoms with Crippen molar-refractivity contribution in [1.29, 1.82) is 0 Å². The highest BCUT2D eigenvalue weighted by Gasteiger charge is 2.19. The normalized spacial score (nSPS) is 12.5. The van der Waals surface area contributed by atoms with Crippen LogP contribution in [0.25, 0.3) is 17.1 Å². The molecule has 1 atom stereocenters. The van der Waals surface area contributed by atoms with Gasteiger partial charge in [0.2, 0.25) is 5.91 Å². The van der Waals surface area contributed by atoms with Gasteiger partial charge in [0.25, 0.3) is 5.69 Å². The molecule has 1 unspecified atom stereocenters. The Morgan fingerprint density at radius 2 is 2.04 bits per heavy atom. The number of nitrogens with one attached hydrogen (secondary N) is 2. The molecule has 0 aliphatic heterocycles. The molecule has 0 aliphatic carbocycles. The van der Waals surface area contributed by atoms with Gasteiger partial charge in [0.05, 0.1) is 22.0 Å². The Kier molecular flexibility index (Phi) is 5.84. The van der Waals surface area contributed by atoms with Gasteiger partial charge in [-0.1, -0.05) is 38.1 Å². The van der Waals surface area contributed by atoms with E-state index >= 15 is 0 Å². The van der Waals surface area contributed by atoms with Crippen LogP contribution >= 0.6 is 0 Å². The van der Waals surface area contributed by atoms with E-state index in [4.69, 9.17) is 0 Å². The van der Waals surface area contributed by atoms with Crippen molar-refractivity contribution in [3.63, 3.8) is 0 Å². The Hall–Kier alpha value is -3.48. The summed E-state index contributed by atoms with van der Waals surface area (Å²) in [5.74, 6) is 0.795. The molecule has 2 aromatic carbocycles. The van der Waals surface area contributed by atoms with E-state index in [1.54, 1.807) is 18.2 Å². The molecule has 0 spiro atoms. The highest BCUT2D eigenvalue weighted by molar-refractivity contribution is 5.92. The molecule has 1 amide bonds. The zero-order valence-electron chi connectivity index (χ0n) is 15.8. The van der Waals surface area contributed by atoms with Crippen LogP contribution in [0.1, 0.15) is 37.7 Å². The number of carbonyl (C=O) groups is 1.